The molecule has 0 aliphatic heterocycles. The van der Waals surface area contributed by atoms with Crippen molar-refractivity contribution in [3.63, 3.8) is 0 Å². The van der Waals surface area contributed by atoms with Crippen molar-refractivity contribution in [2.45, 2.75) is 46.0 Å². The molecule has 1 aliphatic carbocycles. The van der Waals surface area contributed by atoms with Crippen molar-refractivity contribution in [2.24, 2.45) is 5.92 Å². The molecule has 2 aromatic rings. The van der Waals surface area contributed by atoms with E-state index in [1.807, 2.05) is 60.7 Å². The van der Waals surface area contributed by atoms with Crippen LogP contribution in [0, 0.1) is 5.92 Å². The van der Waals surface area contributed by atoms with Crippen LogP contribution in [0.3, 0.4) is 0 Å². The third kappa shape index (κ3) is 5.46. The van der Waals surface area contributed by atoms with Crippen molar-refractivity contribution in [3.8, 4) is 0 Å². The second-order valence-corrected chi connectivity index (χ2v) is 10.9. The molecule has 0 heterocycles. The lowest BCUT2D eigenvalue weighted by atomic mass is 9.89. The van der Waals surface area contributed by atoms with Crippen LogP contribution < -0.4 is 10.6 Å². The highest BCUT2D eigenvalue weighted by Gasteiger charge is 2.26. The monoisotopic (exact) mass is 406 g/mol. The summed E-state index contributed by atoms with van der Waals surface area (Å²) in [5.74, 6) is 0.688. The van der Waals surface area contributed by atoms with E-state index in [1.54, 1.807) is 0 Å². The summed E-state index contributed by atoms with van der Waals surface area (Å²) in [5.41, 5.74) is 2.26. The van der Waals surface area contributed by atoms with Gasteiger partial charge < -0.3 is 4.57 Å². The lowest BCUT2D eigenvalue weighted by molar-refractivity contribution is -0.116. The first-order chi connectivity index (χ1) is 14.0. The second kappa shape index (κ2) is 10.0. The average Bonchev–Trinajstić information content (AvgIpc) is 2.77. The third-order valence-corrected chi connectivity index (χ3v) is 8.96. The topological polar surface area (TPSA) is 34.1 Å². The fourth-order valence-electron chi connectivity index (χ4n) is 3.83. The Kier molecular flexibility index (Phi) is 7.45. The van der Waals surface area contributed by atoms with Crippen LogP contribution in [0.2, 0.25) is 0 Å². The molecule has 1 aliphatic rings. The van der Waals surface area contributed by atoms with Gasteiger partial charge in [0.05, 0.1) is 0 Å². The molecule has 1 unspecified atom stereocenters. The summed E-state index contributed by atoms with van der Waals surface area (Å²) in [4.78, 5) is 12.0. The summed E-state index contributed by atoms with van der Waals surface area (Å²) in [6, 6.07) is 19.6. The second-order valence-electron chi connectivity index (χ2n) is 8.03. The Balaban J connectivity index is 1.74. The molecule has 0 aromatic heterocycles. The van der Waals surface area contributed by atoms with Crippen molar-refractivity contribution < 1.29 is 9.36 Å². The Bertz CT molecular complexity index is 882. The van der Waals surface area contributed by atoms with Crippen LogP contribution in [0.15, 0.2) is 84.0 Å². The van der Waals surface area contributed by atoms with E-state index < -0.39 is 7.14 Å². The van der Waals surface area contributed by atoms with Crippen LogP contribution in [0.5, 0.6) is 0 Å². The molecule has 29 heavy (non-hydrogen) atoms. The van der Waals surface area contributed by atoms with E-state index in [9.17, 15) is 9.36 Å². The summed E-state index contributed by atoms with van der Waals surface area (Å²) in [5, 5.41) is 1.81. The first-order valence-corrected chi connectivity index (χ1v) is 12.5. The normalized spacial score (nSPS) is 16.4. The zero-order chi connectivity index (χ0) is 20.7. The van der Waals surface area contributed by atoms with Crippen LogP contribution in [-0.4, -0.2) is 11.9 Å². The third-order valence-electron chi connectivity index (χ3n) is 6.00. The number of carbonyl (C=O) groups is 1. The van der Waals surface area contributed by atoms with Crippen LogP contribution in [0.4, 0.5) is 0 Å². The van der Waals surface area contributed by atoms with E-state index in [1.165, 1.54) is 5.57 Å². The van der Waals surface area contributed by atoms with Gasteiger partial charge in [-0.25, -0.2) is 0 Å². The Morgan fingerprint density at radius 1 is 1.03 bits per heavy atom. The molecule has 0 bridgehead atoms. The van der Waals surface area contributed by atoms with E-state index in [4.69, 9.17) is 0 Å². The zero-order valence-corrected chi connectivity index (χ0v) is 18.4. The number of Topliss-reactive ketones (excluding diaryl/α,β-unsaturated/α-hetero) is 1. The molecule has 0 saturated carbocycles. The maximum absolute atomic E-state index is 14.1. The van der Waals surface area contributed by atoms with Crippen LogP contribution >= 0.6 is 7.14 Å². The maximum Gasteiger partial charge on any atom is 0.158 e. The predicted molar refractivity (Wildman–Crippen MR) is 124 cm³/mol. The van der Waals surface area contributed by atoms with E-state index in [0.717, 1.165) is 41.9 Å². The minimum atomic E-state index is -2.71. The molecule has 0 spiro atoms. The molecular weight excluding hydrogens is 375 g/mol. The maximum atomic E-state index is 14.1. The van der Waals surface area contributed by atoms with Gasteiger partial charge in [0.2, 0.25) is 0 Å². The van der Waals surface area contributed by atoms with Gasteiger partial charge in [0.25, 0.3) is 0 Å². The van der Waals surface area contributed by atoms with E-state index in [-0.39, 0.29) is 0 Å². The Labute approximate surface area is 175 Å². The molecule has 2 nitrogen and oxygen atoms in total. The molecule has 152 valence electrons. The number of hydrogen-bond acceptors (Lipinski definition) is 2. The Morgan fingerprint density at radius 2 is 1.62 bits per heavy atom. The number of benzene rings is 2. The molecule has 2 aromatic carbocycles. The zero-order valence-electron chi connectivity index (χ0n) is 17.5. The van der Waals surface area contributed by atoms with Gasteiger partial charge in [-0.05, 0) is 44.1 Å². The smallest absolute Gasteiger partial charge is 0.158 e. The number of hydrogen-bond donors (Lipinski definition) is 0. The predicted octanol–water partition coefficient (Wildman–Crippen LogP) is 6.04. The molecule has 0 N–H and O–H groups in total. The summed E-state index contributed by atoms with van der Waals surface area (Å²) in [7, 11) is -2.71. The Morgan fingerprint density at radius 3 is 2.17 bits per heavy atom. The van der Waals surface area contributed by atoms with E-state index in [2.05, 4.69) is 26.0 Å². The quantitative estimate of drug-likeness (QED) is 0.395. The van der Waals surface area contributed by atoms with Gasteiger partial charge in [0, 0.05) is 23.2 Å². The molecule has 0 radical (unpaired) electrons. The standard InChI is InChI=1S/C26H31O2P/c1-21(17-18-23-11-9-10-16-26(23)27)22(2)19-20-29(28,24-12-5-3-6-13-24)25-14-7-4-8-15-25/h3-8,11-15,19,21H,9-10,16-18,20H2,1-2H3/b22-19+. The highest BCUT2D eigenvalue weighted by molar-refractivity contribution is 7.78. The lowest BCUT2D eigenvalue weighted by Crippen LogP contribution is -2.18. The first kappa shape index (κ1) is 21.5. The molecule has 0 amide bonds. The summed E-state index contributed by atoms with van der Waals surface area (Å²) >= 11 is 0. The fraction of sp³-hybridized carbons (Fsp3) is 0.346. The summed E-state index contributed by atoms with van der Waals surface area (Å²) in [6.07, 6.45) is 9.33. The van der Waals surface area contributed by atoms with Crippen molar-refractivity contribution in [1.82, 2.24) is 0 Å². The molecule has 0 fully saturated rings. The van der Waals surface area contributed by atoms with Gasteiger partial charge in [-0.15, -0.1) is 0 Å². The first-order valence-electron chi connectivity index (χ1n) is 10.6. The van der Waals surface area contributed by atoms with Crippen molar-refractivity contribution in [2.75, 3.05) is 6.16 Å². The van der Waals surface area contributed by atoms with E-state index >= 15 is 0 Å². The van der Waals surface area contributed by atoms with Crippen LogP contribution in [0.1, 0.15) is 46.0 Å². The molecular formula is C26H31O2P. The van der Waals surface area contributed by atoms with Gasteiger partial charge in [-0.1, -0.05) is 85.3 Å². The van der Waals surface area contributed by atoms with Crippen LogP contribution in [-0.2, 0) is 9.36 Å². The minimum Gasteiger partial charge on any atom is -0.313 e. The number of carbonyl (C=O) groups excluding carboxylic acids is 1. The molecule has 3 heteroatoms. The molecule has 0 saturated heterocycles. The molecule has 3 rings (SSSR count). The number of rotatable bonds is 8. The van der Waals surface area contributed by atoms with Crippen molar-refractivity contribution in [1.29, 1.82) is 0 Å². The molecule has 1 atom stereocenters. The largest absolute Gasteiger partial charge is 0.313 e. The number of allylic oxidation sites excluding steroid dienone is 4. The van der Waals surface area contributed by atoms with Gasteiger partial charge in [-0.2, -0.15) is 0 Å². The van der Waals surface area contributed by atoms with Gasteiger partial charge in [0.15, 0.2) is 5.78 Å². The summed E-state index contributed by atoms with van der Waals surface area (Å²) < 4.78 is 14.1. The minimum absolute atomic E-state index is 0.322. The highest BCUT2D eigenvalue weighted by atomic mass is 31.2. The average molecular weight is 407 g/mol. The van der Waals surface area contributed by atoms with Crippen molar-refractivity contribution in [3.05, 3.63) is 84.0 Å². The van der Waals surface area contributed by atoms with Gasteiger partial charge >= 0.3 is 0 Å². The summed E-state index contributed by atoms with van der Waals surface area (Å²) in [6.45, 7) is 4.33. The Hall–Kier alpha value is -2.18. The van der Waals surface area contributed by atoms with Gasteiger partial charge in [0.1, 0.15) is 7.14 Å². The number of ketones is 1. The van der Waals surface area contributed by atoms with Crippen LogP contribution in [0.25, 0.3) is 0 Å². The van der Waals surface area contributed by atoms with Crippen molar-refractivity contribution >= 4 is 23.5 Å². The van der Waals surface area contributed by atoms with E-state index in [0.29, 0.717) is 24.3 Å². The highest BCUT2D eigenvalue weighted by Crippen LogP contribution is 2.43. The fourth-order valence-corrected chi connectivity index (χ4v) is 6.40. The SMILES string of the molecule is C/C(=C\CP(=O)(c1ccccc1)c1ccccc1)C(C)CCC1=CCCCC1=O. The lowest BCUT2D eigenvalue weighted by Gasteiger charge is -2.20. The van der Waals surface area contributed by atoms with Gasteiger partial charge in [-0.3, -0.25) is 4.79 Å².